The van der Waals surface area contributed by atoms with Crippen LogP contribution < -0.4 is 5.32 Å². The van der Waals surface area contributed by atoms with Crippen molar-refractivity contribution < 1.29 is 13.5 Å². The molecule has 1 aromatic heterocycles. The predicted octanol–water partition coefficient (Wildman–Crippen LogP) is 4.07. The van der Waals surface area contributed by atoms with E-state index in [1.165, 1.54) is 6.07 Å². The van der Waals surface area contributed by atoms with E-state index < -0.39 is 0 Å². The lowest BCUT2D eigenvalue weighted by Crippen LogP contribution is -2.23. The largest absolute Gasteiger partial charge is 0.467 e. The molecule has 1 unspecified atom stereocenters. The van der Waals surface area contributed by atoms with E-state index in [-0.39, 0.29) is 11.9 Å². The van der Waals surface area contributed by atoms with Gasteiger partial charge in [-0.2, -0.15) is 0 Å². The molecule has 0 aliphatic heterocycles. The fourth-order valence-corrected chi connectivity index (χ4v) is 2.25. The van der Waals surface area contributed by atoms with Crippen molar-refractivity contribution in [3.8, 4) is 0 Å². The molecule has 1 atom stereocenters. The number of halogens is 1. The third-order valence-electron chi connectivity index (χ3n) is 3.37. The number of nitrogens with one attached hydrogen (secondary N) is 1. The summed E-state index contributed by atoms with van der Waals surface area (Å²) in [7, 11) is 0. The lowest BCUT2D eigenvalue weighted by atomic mass is 10.0. The second-order valence-corrected chi connectivity index (χ2v) is 4.92. The van der Waals surface area contributed by atoms with E-state index in [0.29, 0.717) is 13.2 Å². The van der Waals surface area contributed by atoms with Crippen LogP contribution in [0.4, 0.5) is 4.39 Å². The van der Waals surface area contributed by atoms with Gasteiger partial charge in [0.1, 0.15) is 18.2 Å². The third kappa shape index (κ3) is 4.99. The highest BCUT2D eigenvalue weighted by Gasteiger charge is 2.12. The molecule has 0 aliphatic rings. The number of ether oxygens (including phenoxy) is 1. The standard InChI is InChI=1S/C17H22FNO2/c1-2-17(15-8-3-4-9-16(15)18)19-10-6-11-20-13-14-7-5-12-21-14/h3-5,7-9,12,17,19H,2,6,10-11,13H2,1H3. The van der Waals surface area contributed by atoms with Crippen LogP contribution in [0.15, 0.2) is 47.1 Å². The average molecular weight is 291 g/mol. The lowest BCUT2D eigenvalue weighted by molar-refractivity contribution is 0.103. The number of hydrogen-bond donors (Lipinski definition) is 1. The first-order valence-electron chi connectivity index (χ1n) is 7.39. The monoisotopic (exact) mass is 291 g/mol. The highest BCUT2D eigenvalue weighted by atomic mass is 19.1. The number of rotatable bonds is 9. The first-order valence-corrected chi connectivity index (χ1v) is 7.39. The summed E-state index contributed by atoms with van der Waals surface area (Å²) in [5.74, 6) is 0.687. The van der Waals surface area contributed by atoms with E-state index in [1.807, 2.05) is 24.3 Å². The maximum atomic E-state index is 13.7. The molecule has 114 valence electrons. The average Bonchev–Trinajstić information content (AvgIpc) is 3.01. The van der Waals surface area contributed by atoms with Crippen LogP contribution in [0.2, 0.25) is 0 Å². The normalized spacial score (nSPS) is 12.5. The zero-order valence-electron chi connectivity index (χ0n) is 12.3. The molecular weight excluding hydrogens is 269 g/mol. The van der Waals surface area contributed by atoms with Crippen molar-refractivity contribution in [1.29, 1.82) is 0 Å². The highest BCUT2D eigenvalue weighted by Crippen LogP contribution is 2.19. The van der Waals surface area contributed by atoms with E-state index in [1.54, 1.807) is 12.3 Å². The molecule has 0 saturated carbocycles. The summed E-state index contributed by atoms with van der Waals surface area (Å²) in [5.41, 5.74) is 0.733. The van der Waals surface area contributed by atoms with E-state index in [0.717, 1.165) is 30.7 Å². The summed E-state index contributed by atoms with van der Waals surface area (Å²) in [6, 6.07) is 10.7. The predicted molar refractivity (Wildman–Crippen MR) is 80.4 cm³/mol. The van der Waals surface area contributed by atoms with Gasteiger partial charge in [-0.15, -0.1) is 0 Å². The van der Waals surface area contributed by atoms with Gasteiger partial charge in [-0.3, -0.25) is 0 Å². The zero-order valence-corrected chi connectivity index (χ0v) is 12.3. The molecule has 4 heteroatoms. The quantitative estimate of drug-likeness (QED) is 0.707. The summed E-state index contributed by atoms with van der Waals surface area (Å²) in [6.45, 7) is 4.00. The van der Waals surface area contributed by atoms with E-state index in [4.69, 9.17) is 9.15 Å². The second kappa shape index (κ2) is 8.60. The van der Waals surface area contributed by atoms with Crippen molar-refractivity contribution in [2.75, 3.05) is 13.2 Å². The van der Waals surface area contributed by atoms with Gasteiger partial charge in [0.2, 0.25) is 0 Å². The Morgan fingerprint density at radius 3 is 2.81 bits per heavy atom. The van der Waals surface area contributed by atoms with Crippen LogP contribution in [-0.4, -0.2) is 13.2 Å². The molecule has 0 amide bonds. The third-order valence-corrected chi connectivity index (χ3v) is 3.37. The van der Waals surface area contributed by atoms with Crippen molar-refractivity contribution in [2.24, 2.45) is 0 Å². The molecule has 2 aromatic rings. The summed E-state index contributed by atoms with van der Waals surface area (Å²) in [4.78, 5) is 0. The van der Waals surface area contributed by atoms with Crippen LogP contribution in [0.5, 0.6) is 0 Å². The Morgan fingerprint density at radius 2 is 2.10 bits per heavy atom. The molecule has 21 heavy (non-hydrogen) atoms. The summed E-state index contributed by atoms with van der Waals surface area (Å²) >= 11 is 0. The van der Waals surface area contributed by atoms with Gasteiger partial charge < -0.3 is 14.5 Å². The molecule has 0 radical (unpaired) electrons. The number of benzene rings is 1. The second-order valence-electron chi connectivity index (χ2n) is 4.92. The van der Waals surface area contributed by atoms with Crippen LogP contribution >= 0.6 is 0 Å². The van der Waals surface area contributed by atoms with E-state index >= 15 is 0 Å². The molecule has 1 aromatic carbocycles. The summed E-state index contributed by atoms with van der Waals surface area (Å²) in [5, 5.41) is 3.38. The zero-order chi connectivity index (χ0) is 14.9. The molecule has 1 N–H and O–H groups in total. The van der Waals surface area contributed by atoms with Crippen molar-refractivity contribution in [1.82, 2.24) is 5.32 Å². The maximum absolute atomic E-state index is 13.7. The summed E-state index contributed by atoms with van der Waals surface area (Å²) in [6.07, 6.45) is 3.38. The molecule has 0 aliphatic carbocycles. The summed E-state index contributed by atoms with van der Waals surface area (Å²) < 4.78 is 24.4. The Balaban J connectivity index is 1.66. The Labute approximate surface area is 125 Å². The van der Waals surface area contributed by atoms with Gasteiger partial charge in [0.25, 0.3) is 0 Å². The van der Waals surface area contributed by atoms with Crippen LogP contribution in [0.1, 0.15) is 37.1 Å². The Bertz CT molecular complexity index is 513. The Hall–Kier alpha value is -1.65. The van der Waals surface area contributed by atoms with Crippen molar-refractivity contribution in [3.05, 3.63) is 59.8 Å². The maximum Gasteiger partial charge on any atom is 0.129 e. The Kier molecular flexibility index (Phi) is 6.44. The van der Waals surface area contributed by atoms with Crippen LogP contribution in [0.25, 0.3) is 0 Å². The minimum absolute atomic E-state index is 0.0521. The van der Waals surface area contributed by atoms with E-state index in [2.05, 4.69) is 12.2 Å². The van der Waals surface area contributed by atoms with Gasteiger partial charge in [0.15, 0.2) is 0 Å². The first kappa shape index (κ1) is 15.7. The minimum Gasteiger partial charge on any atom is -0.467 e. The van der Waals surface area contributed by atoms with Gasteiger partial charge in [0.05, 0.1) is 6.26 Å². The SMILES string of the molecule is CCC(NCCCOCc1ccco1)c1ccccc1F. The molecule has 0 fully saturated rings. The van der Waals surface area contributed by atoms with Crippen molar-refractivity contribution in [2.45, 2.75) is 32.4 Å². The van der Waals surface area contributed by atoms with Crippen LogP contribution in [0.3, 0.4) is 0 Å². The molecule has 1 heterocycles. The van der Waals surface area contributed by atoms with Gasteiger partial charge in [-0.25, -0.2) is 4.39 Å². The van der Waals surface area contributed by atoms with Gasteiger partial charge in [-0.05, 0) is 37.6 Å². The fraction of sp³-hybridized carbons (Fsp3) is 0.412. The fourth-order valence-electron chi connectivity index (χ4n) is 2.25. The number of furan rings is 1. The topological polar surface area (TPSA) is 34.4 Å². The van der Waals surface area contributed by atoms with Gasteiger partial charge >= 0.3 is 0 Å². The first-order chi connectivity index (χ1) is 10.3. The van der Waals surface area contributed by atoms with Crippen molar-refractivity contribution in [3.63, 3.8) is 0 Å². The lowest BCUT2D eigenvalue weighted by Gasteiger charge is -2.18. The van der Waals surface area contributed by atoms with Crippen LogP contribution in [0, 0.1) is 5.82 Å². The molecule has 0 saturated heterocycles. The van der Waals surface area contributed by atoms with Crippen molar-refractivity contribution >= 4 is 0 Å². The van der Waals surface area contributed by atoms with Crippen LogP contribution in [-0.2, 0) is 11.3 Å². The smallest absolute Gasteiger partial charge is 0.129 e. The molecule has 3 nitrogen and oxygen atoms in total. The van der Waals surface area contributed by atoms with E-state index in [9.17, 15) is 4.39 Å². The minimum atomic E-state index is -0.147. The van der Waals surface area contributed by atoms with Gasteiger partial charge in [0, 0.05) is 18.2 Å². The molecular formula is C17H22FNO2. The molecule has 2 rings (SSSR count). The number of hydrogen-bond acceptors (Lipinski definition) is 3. The Morgan fingerprint density at radius 1 is 1.24 bits per heavy atom. The molecule has 0 spiro atoms. The highest BCUT2D eigenvalue weighted by molar-refractivity contribution is 5.21. The molecule has 0 bridgehead atoms. The van der Waals surface area contributed by atoms with Gasteiger partial charge in [-0.1, -0.05) is 25.1 Å².